The highest BCUT2D eigenvalue weighted by Crippen LogP contribution is 2.30. The van der Waals surface area contributed by atoms with E-state index in [0.717, 1.165) is 29.7 Å². The van der Waals surface area contributed by atoms with Crippen molar-refractivity contribution in [3.63, 3.8) is 0 Å². The molecular weight excluding hydrogens is 333 g/mol. The standard InChI is InChI=1S/C18H17F3N2O2/c19-18(20,21)12-5-7-13(8-6-12)22-17(25)23-16-3-1-2-11-4-9-14(24)10-15(11)16/h1-3,5-8,14,24H,4,9-10H2,(H2,22,23,25)/t14-/m1/s1. The predicted octanol–water partition coefficient (Wildman–Crippen LogP) is 4.20. The lowest BCUT2D eigenvalue weighted by Gasteiger charge is -2.23. The maximum Gasteiger partial charge on any atom is 0.416 e. The molecule has 0 unspecified atom stereocenters. The second-order valence-electron chi connectivity index (χ2n) is 5.99. The molecule has 1 aliphatic rings. The number of amides is 2. The van der Waals surface area contributed by atoms with E-state index in [9.17, 15) is 23.1 Å². The lowest BCUT2D eigenvalue weighted by Crippen LogP contribution is -2.24. The Bertz CT molecular complexity index is 773. The molecule has 3 N–H and O–H groups in total. The number of anilines is 2. The van der Waals surface area contributed by atoms with E-state index in [2.05, 4.69) is 10.6 Å². The predicted molar refractivity (Wildman–Crippen MR) is 88.6 cm³/mol. The number of nitrogens with one attached hydrogen (secondary N) is 2. The molecule has 2 aromatic carbocycles. The Kier molecular flexibility index (Phi) is 4.67. The van der Waals surface area contributed by atoms with Gasteiger partial charge in [0.2, 0.25) is 0 Å². The zero-order chi connectivity index (χ0) is 18.0. The van der Waals surface area contributed by atoms with Crippen LogP contribution in [-0.4, -0.2) is 17.2 Å². The molecule has 0 saturated heterocycles. The molecule has 0 fully saturated rings. The molecule has 0 radical (unpaired) electrons. The molecule has 3 rings (SSSR count). The molecule has 0 aromatic heterocycles. The number of carbonyl (C=O) groups is 1. The topological polar surface area (TPSA) is 61.4 Å². The highest BCUT2D eigenvalue weighted by molar-refractivity contribution is 6.00. The quantitative estimate of drug-likeness (QED) is 0.760. The van der Waals surface area contributed by atoms with Crippen molar-refractivity contribution in [1.82, 2.24) is 0 Å². The van der Waals surface area contributed by atoms with Gasteiger partial charge in [0.1, 0.15) is 0 Å². The molecule has 2 aromatic rings. The molecule has 7 heteroatoms. The second kappa shape index (κ2) is 6.76. The van der Waals surface area contributed by atoms with Gasteiger partial charge in [0.05, 0.1) is 11.7 Å². The van der Waals surface area contributed by atoms with E-state index in [1.807, 2.05) is 12.1 Å². The first-order valence-electron chi connectivity index (χ1n) is 7.87. The lowest BCUT2D eigenvalue weighted by atomic mass is 9.88. The maximum atomic E-state index is 12.5. The van der Waals surface area contributed by atoms with Crippen LogP contribution in [0, 0.1) is 0 Å². The average Bonchev–Trinajstić information content (AvgIpc) is 2.55. The van der Waals surface area contributed by atoms with Gasteiger partial charge < -0.3 is 15.7 Å². The van der Waals surface area contributed by atoms with Crippen LogP contribution in [0.15, 0.2) is 42.5 Å². The zero-order valence-corrected chi connectivity index (χ0v) is 13.2. The molecule has 0 heterocycles. The number of alkyl halides is 3. The van der Waals surface area contributed by atoms with Crippen LogP contribution in [0.25, 0.3) is 0 Å². The minimum atomic E-state index is -4.41. The van der Waals surface area contributed by atoms with Crippen LogP contribution in [-0.2, 0) is 19.0 Å². The third-order valence-electron chi connectivity index (χ3n) is 4.18. The van der Waals surface area contributed by atoms with Gasteiger partial charge in [-0.15, -0.1) is 0 Å². The van der Waals surface area contributed by atoms with Crippen LogP contribution in [0.3, 0.4) is 0 Å². The zero-order valence-electron chi connectivity index (χ0n) is 13.2. The summed E-state index contributed by atoms with van der Waals surface area (Å²) in [5, 5.41) is 15.0. The van der Waals surface area contributed by atoms with E-state index < -0.39 is 23.9 Å². The Morgan fingerprint density at radius 2 is 1.80 bits per heavy atom. The van der Waals surface area contributed by atoms with E-state index in [0.29, 0.717) is 18.5 Å². The molecule has 1 atom stereocenters. The van der Waals surface area contributed by atoms with Gasteiger partial charge in [-0.1, -0.05) is 12.1 Å². The van der Waals surface area contributed by atoms with E-state index in [4.69, 9.17) is 0 Å². The van der Waals surface area contributed by atoms with Gasteiger partial charge in [-0.3, -0.25) is 0 Å². The SMILES string of the molecule is O=C(Nc1ccc(C(F)(F)F)cc1)Nc1cccc2c1C[C@H](O)CC2. The Morgan fingerprint density at radius 1 is 1.08 bits per heavy atom. The highest BCUT2D eigenvalue weighted by atomic mass is 19.4. The number of rotatable bonds is 2. The fourth-order valence-corrected chi connectivity index (χ4v) is 2.91. The van der Waals surface area contributed by atoms with E-state index >= 15 is 0 Å². The smallest absolute Gasteiger partial charge is 0.393 e. The van der Waals surface area contributed by atoms with Crippen molar-refractivity contribution in [3.05, 3.63) is 59.2 Å². The summed E-state index contributed by atoms with van der Waals surface area (Å²) in [6, 6.07) is 9.20. The van der Waals surface area contributed by atoms with Crippen molar-refractivity contribution in [3.8, 4) is 0 Å². The molecule has 0 bridgehead atoms. The Hall–Kier alpha value is -2.54. The van der Waals surface area contributed by atoms with Gasteiger partial charge in [0.15, 0.2) is 0 Å². The van der Waals surface area contributed by atoms with Crippen molar-refractivity contribution in [2.75, 3.05) is 10.6 Å². The van der Waals surface area contributed by atoms with Crippen LogP contribution in [0.2, 0.25) is 0 Å². The van der Waals surface area contributed by atoms with Crippen LogP contribution < -0.4 is 10.6 Å². The largest absolute Gasteiger partial charge is 0.416 e. The Balaban J connectivity index is 1.69. The van der Waals surface area contributed by atoms with Gasteiger partial charge in [0, 0.05) is 17.8 Å². The monoisotopic (exact) mass is 350 g/mol. The summed E-state index contributed by atoms with van der Waals surface area (Å²) in [7, 11) is 0. The summed E-state index contributed by atoms with van der Waals surface area (Å²) in [6.07, 6.45) is -2.95. The molecule has 4 nitrogen and oxygen atoms in total. The van der Waals surface area contributed by atoms with Gasteiger partial charge in [-0.2, -0.15) is 13.2 Å². The number of halogens is 3. The summed E-state index contributed by atoms with van der Waals surface area (Å²) < 4.78 is 37.6. The number of hydrogen-bond acceptors (Lipinski definition) is 2. The third kappa shape index (κ3) is 4.11. The molecule has 1 aliphatic carbocycles. The second-order valence-corrected chi connectivity index (χ2v) is 5.99. The lowest BCUT2D eigenvalue weighted by molar-refractivity contribution is -0.137. The van der Waals surface area contributed by atoms with E-state index in [-0.39, 0.29) is 5.69 Å². The molecule has 0 aliphatic heterocycles. The first kappa shape index (κ1) is 17.3. The number of aliphatic hydroxyl groups excluding tert-OH is 1. The maximum absolute atomic E-state index is 12.5. The number of aliphatic hydroxyl groups is 1. The van der Waals surface area contributed by atoms with Crippen LogP contribution in [0.4, 0.5) is 29.3 Å². The molecule has 0 spiro atoms. The summed E-state index contributed by atoms with van der Waals surface area (Å²) in [5.74, 6) is 0. The summed E-state index contributed by atoms with van der Waals surface area (Å²) in [4.78, 5) is 12.1. The number of hydrogen-bond donors (Lipinski definition) is 3. The molecule has 2 amide bonds. The van der Waals surface area contributed by atoms with Crippen molar-refractivity contribution in [1.29, 1.82) is 0 Å². The number of aryl methyl sites for hydroxylation is 1. The minimum Gasteiger partial charge on any atom is -0.393 e. The van der Waals surface area contributed by atoms with E-state index in [1.165, 1.54) is 12.1 Å². The number of carbonyl (C=O) groups excluding carboxylic acids is 1. The van der Waals surface area contributed by atoms with E-state index in [1.54, 1.807) is 6.07 Å². The summed E-state index contributed by atoms with van der Waals surface area (Å²) >= 11 is 0. The number of benzene rings is 2. The van der Waals surface area contributed by atoms with Gasteiger partial charge >= 0.3 is 12.2 Å². The summed E-state index contributed by atoms with van der Waals surface area (Å²) in [6.45, 7) is 0. The van der Waals surface area contributed by atoms with Crippen molar-refractivity contribution < 1.29 is 23.1 Å². The fraction of sp³-hybridized carbons (Fsp3) is 0.278. The Morgan fingerprint density at radius 3 is 2.48 bits per heavy atom. The van der Waals surface area contributed by atoms with Crippen molar-refractivity contribution in [2.24, 2.45) is 0 Å². The molecular formula is C18H17F3N2O2. The molecule has 132 valence electrons. The van der Waals surface area contributed by atoms with Crippen LogP contribution >= 0.6 is 0 Å². The Labute approximate surface area is 142 Å². The van der Waals surface area contributed by atoms with Crippen LogP contribution in [0.1, 0.15) is 23.1 Å². The number of urea groups is 1. The highest BCUT2D eigenvalue weighted by Gasteiger charge is 2.30. The van der Waals surface area contributed by atoms with Crippen molar-refractivity contribution >= 4 is 17.4 Å². The molecule has 0 saturated carbocycles. The molecule has 25 heavy (non-hydrogen) atoms. The normalized spacial score (nSPS) is 16.9. The van der Waals surface area contributed by atoms with Gasteiger partial charge in [-0.05, 0) is 54.3 Å². The third-order valence-corrected chi connectivity index (χ3v) is 4.18. The van der Waals surface area contributed by atoms with Crippen molar-refractivity contribution in [2.45, 2.75) is 31.5 Å². The average molecular weight is 350 g/mol. The minimum absolute atomic E-state index is 0.260. The van der Waals surface area contributed by atoms with Gasteiger partial charge in [-0.25, -0.2) is 4.79 Å². The van der Waals surface area contributed by atoms with Gasteiger partial charge in [0.25, 0.3) is 0 Å². The fourth-order valence-electron chi connectivity index (χ4n) is 2.91. The first-order chi connectivity index (χ1) is 11.8. The number of fused-ring (bicyclic) bond motifs is 1. The summed E-state index contributed by atoms with van der Waals surface area (Å²) in [5.41, 5.74) is 2.06. The first-order valence-corrected chi connectivity index (χ1v) is 7.87. The van der Waals surface area contributed by atoms with Crippen LogP contribution in [0.5, 0.6) is 0 Å².